The Kier molecular flexibility index (Phi) is 5.17. The van der Waals surface area contributed by atoms with Gasteiger partial charge in [0.2, 0.25) is 5.95 Å². The van der Waals surface area contributed by atoms with Crippen LogP contribution in [0.5, 0.6) is 11.5 Å². The predicted octanol–water partition coefficient (Wildman–Crippen LogP) is 4.43. The Morgan fingerprint density at radius 2 is 1.77 bits per heavy atom. The summed E-state index contributed by atoms with van der Waals surface area (Å²) in [6.07, 6.45) is 0. The van der Waals surface area contributed by atoms with Crippen LogP contribution in [0.25, 0.3) is 0 Å². The summed E-state index contributed by atoms with van der Waals surface area (Å²) in [5.41, 5.74) is 2.07. The van der Waals surface area contributed by atoms with Gasteiger partial charge < -0.3 is 20.1 Å². The minimum Gasteiger partial charge on any atom is -0.497 e. The van der Waals surface area contributed by atoms with Gasteiger partial charge in [0.1, 0.15) is 23.1 Å². The Bertz CT molecular complexity index is 918. The van der Waals surface area contributed by atoms with Crippen LogP contribution in [0.4, 0.5) is 27.5 Å². The van der Waals surface area contributed by atoms with Crippen LogP contribution in [0.3, 0.4) is 0 Å². The highest BCUT2D eigenvalue weighted by Gasteiger charge is 2.08. The van der Waals surface area contributed by atoms with Gasteiger partial charge >= 0.3 is 0 Å². The number of methoxy groups -OCH3 is 2. The molecule has 3 aromatic rings. The molecule has 0 fully saturated rings. The van der Waals surface area contributed by atoms with E-state index in [-0.39, 0.29) is 5.82 Å². The maximum atomic E-state index is 13.3. The van der Waals surface area contributed by atoms with Crippen molar-refractivity contribution in [1.29, 1.82) is 0 Å². The number of nitrogens with zero attached hydrogens (tertiary/aromatic N) is 2. The molecular weight excluding hydrogens is 335 g/mol. The van der Waals surface area contributed by atoms with E-state index in [4.69, 9.17) is 9.47 Å². The molecule has 2 N–H and O–H groups in total. The highest BCUT2D eigenvalue weighted by molar-refractivity contribution is 5.67. The second-order valence-electron chi connectivity index (χ2n) is 5.54. The minimum atomic E-state index is -0.330. The van der Waals surface area contributed by atoms with Gasteiger partial charge in [0.25, 0.3) is 0 Å². The topological polar surface area (TPSA) is 68.3 Å². The molecule has 0 aliphatic heterocycles. The lowest BCUT2D eigenvalue weighted by atomic mass is 10.2. The number of hydrogen-bond donors (Lipinski definition) is 2. The van der Waals surface area contributed by atoms with Gasteiger partial charge in [-0.15, -0.1) is 0 Å². The van der Waals surface area contributed by atoms with Crippen molar-refractivity contribution in [2.45, 2.75) is 6.92 Å². The Morgan fingerprint density at radius 1 is 0.923 bits per heavy atom. The average Bonchev–Trinajstić information content (AvgIpc) is 2.61. The van der Waals surface area contributed by atoms with Crippen molar-refractivity contribution in [3.05, 3.63) is 60.0 Å². The first-order valence-electron chi connectivity index (χ1n) is 7.94. The maximum absolute atomic E-state index is 13.3. The van der Waals surface area contributed by atoms with Gasteiger partial charge in [-0.25, -0.2) is 9.37 Å². The molecule has 0 radical (unpaired) electrons. The summed E-state index contributed by atoms with van der Waals surface area (Å²) in [7, 11) is 3.18. The molecule has 3 rings (SSSR count). The quantitative estimate of drug-likeness (QED) is 0.683. The van der Waals surface area contributed by atoms with E-state index in [1.807, 2.05) is 19.1 Å². The Morgan fingerprint density at radius 3 is 2.50 bits per heavy atom. The van der Waals surface area contributed by atoms with E-state index in [1.54, 1.807) is 38.5 Å². The highest BCUT2D eigenvalue weighted by Crippen LogP contribution is 2.31. The van der Waals surface area contributed by atoms with Crippen LogP contribution < -0.4 is 20.1 Å². The lowest BCUT2D eigenvalue weighted by molar-refractivity contribution is 0.395. The van der Waals surface area contributed by atoms with Gasteiger partial charge in [-0.3, -0.25) is 0 Å². The molecule has 2 aromatic carbocycles. The van der Waals surface area contributed by atoms with Crippen LogP contribution in [-0.2, 0) is 0 Å². The standard InChI is InChI=1S/C19H19FN4O2/c1-12-9-18(23-16-8-7-15(25-2)11-17(16)26-3)24-19(21-12)22-14-6-4-5-13(20)10-14/h4-11H,1-3H3,(H2,21,22,23,24). The molecule has 0 saturated heterocycles. The van der Waals surface area contributed by atoms with Crippen LogP contribution in [0.15, 0.2) is 48.5 Å². The Labute approximate surface area is 151 Å². The number of hydrogen-bond acceptors (Lipinski definition) is 6. The van der Waals surface area contributed by atoms with Crippen LogP contribution in [0.1, 0.15) is 5.69 Å². The highest BCUT2D eigenvalue weighted by atomic mass is 19.1. The van der Waals surface area contributed by atoms with Gasteiger partial charge in [-0.05, 0) is 37.3 Å². The molecule has 0 saturated carbocycles. The number of ether oxygens (including phenoxy) is 2. The third-order valence-corrected chi connectivity index (χ3v) is 3.61. The van der Waals surface area contributed by atoms with E-state index >= 15 is 0 Å². The van der Waals surface area contributed by atoms with E-state index in [0.717, 1.165) is 11.4 Å². The summed E-state index contributed by atoms with van der Waals surface area (Å²) >= 11 is 0. The fourth-order valence-electron chi connectivity index (χ4n) is 2.42. The van der Waals surface area contributed by atoms with Gasteiger partial charge in [-0.1, -0.05) is 6.07 Å². The van der Waals surface area contributed by atoms with Crippen molar-refractivity contribution in [3.63, 3.8) is 0 Å². The van der Waals surface area contributed by atoms with Crippen molar-refractivity contribution in [1.82, 2.24) is 9.97 Å². The summed E-state index contributed by atoms with van der Waals surface area (Å²) < 4.78 is 23.9. The first-order valence-corrected chi connectivity index (χ1v) is 7.94. The molecule has 0 amide bonds. The fourth-order valence-corrected chi connectivity index (χ4v) is 2.42. The van der Waals surface area contributed by atoms with Gasteiger partial charge in [0, 0.05) is 23.5 Å². The molecular formula is C19H19FN4O2. The summed E-state index contributed by atoms with van der Waals surface area (Å²) in [5.74, 6) is 1.94. The minimum absolute atomic E-state index is 0.330. The molecule has 1 heterocycles. The second kappa shape index (κ2) is 7.69. The molecule has 6 nitrogen and oxygen atoms in total. The van der Waals surface area contributed by atoms with Crippen LogP contribution in [0.2, 0.25) is 0 Å². The van der Waals surface area contributed by atoms with Gasteiger partial charge in [0.05, 0.1) is 19.9 Å². The van der Waals surface area contributed by atoms with Crippen molar-refractivity contribution in [2.75, 3.05) is 24.9 Å². The van der Waals surface area contributed by atoms with Crippen LogP contribution >= 0.6 is 0 Å². The van der Waals surface area contributed by atoms with Gasteiger partial charge in [0.15, 0.2) is 0 Å². The zero-order valence-corrected chi connectivity index (χ0v) is 14.7. The molecule has 134 valence electrons. The number of benzene rings is 2. The van der Waals surface area contributed by atoms with Crippen LogP contribution in [-0.4, -0.2) is 24.2 Å². The van der Waals surface area contributed by atoms with Crippen molar-refractivity contribution in [3.8, 4) is 11.5 Å². The first kappa shape index (κ1) is 17.5. The van der Waals surface area contributed by atoms with E-state index in [0.29, 0.717) is 29.0 Å². The fraction of sp³-hybridized carbons (Fsp3) is 0.158. The molecule has 0 aliphatic rings. The van der Waals surface area contributed by atoms with Crippen molar-refractivity contribution < 1.29 is 13.9 Å². The Balaban J connectivity index is 1.86. The van der Waals surface area contributed by atoms with E-state index in [2.05, 4.69) is 20.6 Å². The number of nitrogens with one attached hydrogen (secondary N) is 2. The van der Waals surface area contributed by atoms with Crippen LogP contribution in [0, 0.1) is 12.7 Å². The van der Waals surface area contributed by atoms with E-state index in [1.165, 1.54) is 12.1 Å². The lowest BCUT2D eigenvalue weighted by Gasteiger charge is -2.13. The molecule has 0 bridgehead atoms. The SMILES string of the molecule is COc1ccc(Nc2cc(C)nc(Nc3cccc(F)c3)n2)c(OC)c1. The predicted molar refractivity (Wildman–Crippen MR) is 99.3 cm³/mol. The van der Waals surface area contributed by atoms with Crippen molar-refractivity contribution in [2.24, 2.45) is 0 Å². The maximum Gasteiger partial charge on any atom is 0.229 e. The zero-order chi connectivity index (χ0) is 18.5. The molecule has 0 unspecified atom stereocenters. The monoisotopic (exact) mass is 354 g/mol. The number of halogens is 1. The number of anilines is 4. The van der Waals surface area contributed by atoms with Gasteiger partial charge in [-0.2, -0.15) is 4.98 Å². The molecule has 26 heavy (non-hydrogen) atoms. The normalized spacial score (nSPS) is 10.3. The molecule has 0 atom stereocenters. The summed E-state index contributed by atoms with van der Waals surface area (Å²) in [6, 6.07) is 13.4. The summed E-state index contributed by atoms with van der Waals surface area (Å²) in [6.45, 7) is 1.86. The van der Waals surface area contributed by atoms with Crippen molar-refractivity contribution >= 4 is 23.1 Å². The largest absolute Gasteiger partial charge is 0.497 e. The molecule has 1 aromatic heterocycles. The third kappa shape index (κ3) is 4.18. The summed E-state index contributed by atoms with van der Waals surface area (Å²) in [4.78, 5) is 8.76. The number of aryl methyl sites for hydroxylation is 1. The van der Waals surface area contributed by atoms with E-state index in [9.17, 15) is 4.39 Å². The zero-order valence-electron chi connectivity index (χ0n) is 14.7. The lowest BCUT2D eigenvalue weighted by Crippen LogP contribution is -2.03. The second-order valence-corrected chi connectivity index (χ2v) is 5.54. The molecule has 0 aliphatic carbocycles. The smallest absolute Gasteiger partial charge is 0.229 e. The number of rotatable bonds is 6. The summed E-state index contributed by atoms with van der Waals surface area (Å²) in [5, 5.41) is 6.21. The first-order chi connectivity index (χ1) is 12.6. The Hall–Kier alpha value is -3.35. The molecule has 0 spiro atoms. The third-order valence-electron chi connectivity index (χ3n) is 3.61. The van der Waals surface area contributed by atoms with E-state index < -0.39 is 0 Å². The average molecular weight is 354 g/mol. The number of aromatic nitrogens is 2. The molecule has 7 heteroatoms.